The van der Waals surface area contributed by atoms with Gasteiger partial charge in [0.25, 0.3) is 0 Å². The van der Waals surface area contributed by atoms with Crippen LogP contribution < -0.4 is 10.1 Å². The van der Waals surface area contributed by atoms with Crippen LogP contribution >= 0.6 is 0 Å². The number of aromatic nitrogens is 3. The standard InChI is InChI=1S/C21H24N4O2/c1-27-19-9-8-16(18-14-25-12-4-11-22-21(25)24-18)13-17(19)23-20(26)10-7-15-5-2-3-6-15/h4,8-9,11-15H,2-3,5-7,10H2,1H3,(H,23,26). The lowest BCUT2D eigenvalue weighted by atomic mass is 10.0. The zero-order chi connectivity index (χ0) is 18.6. The summed E-state index contributed by atoms with van der Waals surface area (Å²) in [4.78, 5) is 21.2. The number of fused-ring (bicyclic) bond motifs is 1. The number of amides is 1. The van der Waals surface area contributed by atoms with Gasteiger partial charge in [-0.1, -0.05) is 25.7 Å². The van der Waals surface area contributed by atoms with E-state index in [1.807, 2.05) is 41.1 Å². The molecule has 1 aliphatic carbocycles. The molecular weight excluding hydrogens is 340 g/mol. The Kier molecular flexibility index (Phi) is 5.05. The van der Waals surface area contributed by atoms with Crippen LogP contribution in [-0.4, -0.2) is 27.4 Å². The van der Waals surface area contributed by atoms with Gasteiger partial charge in [0.2, 0.25) is 11.7 Å². The number of hydrogen-bond acceptors (Lipinski definition) is 4. The quantitative estimate of drug-likeness (QED) is 0.707. The van der Waals surface area contributed by atoms with Crippen LogP contribution in [0.4, 0.5) is 5.69 Å². The lowest BCUT2D eigenvalue weighted by Gasteiger charge is -2.13. The van der Waals surface area contributed by atoms with Gasteiger partial charge in [-0.3, -0.25) is 9.20 Å². The highest BCUT2D eigenvalue weighted by Gasteiger charge is 2.17. The third-order valence-corrected chi connectivity index (χ3v) is 5.26. The van der Waals surface area contributed by atoms with Crippen LogP contribution in [0.25, 0.3) is 17.0 Å². The van der Waals surface area contributed by atoms with Gasteiger partial charge in [-0.05, 0) is 36.6 Å². The molecule has 0 bridgehead atoms. The van der Waals surface area contributed by atoms with Crippen molar-refractivity contribution in [3.05, 3.63) is 42.9 Å². The number of benzene rings is 1. The molecule has 1 fully saturated rings. The zero-order valence-electron chi connectivity index (χ0n) is 15.5. The maximum Gasteiger partial charge on any atom is 0.234 e. The zero-order valence-corrected chi connectivity index (χ0v) is 15.5. The van der Waals surface area contributed by atoms with E-state index in [1.165, 1.54) is 25.7 Å². The van der Waals surface area contributed by atoms with Crippen LogP contribution in [-0.2, 0) is 4.79 Å². The van der Waals surface area contributed by atoms with Gasteiger partial charge in [0.15, 0.2) is 0 Å². The number of anilines is 1. The van der Waals surface area contributed by atoms with Crippen LogP contribution in [0.15, 0.2) is 42.9 Å². The molecule has 2 heterocycles. The number of nitrogens with zero attached hydrogens (tertiary/aromatic N) is 3. The molecule has 0 saturated heterocycles. The molecular formula is C21H24N4O2. The van der Waals surface area contributed by atoms with E-state index in [9.17, 15) is 4.79 Å². The number of imidazole rings is 1. The van der Waals surface area contributed by atoms with Gasteiger partial charge < -0.3 is 10.1 Å². The van der Waals surface area contributed by atoms with E-state index < -0.39 is 0 Å². The SMILES string of the molecule is COc1ccc(-c2cn3cccnc3n2)cc1NC(=O)CCC1CCCC1. The Labute approximate surface area is 158 Å². The van der Waals surface area contributed by atoms with Crippen molar-refractivity contribution in [2.75, 3.05) is 12.4 Å². The highest BCUT2D eigenvalue weighted by molar-refractivity contribution is 5.93. The van der Waals surface area contributed by atoms with Crippen LogP contribution in [0.1, 0.15) is 38.5 Å². The smallest absolute Gasteiger partial charge is 0.234 e. The molecule has 27 heavy (non-hydrogen) atoms. The van der Waals surface area contributed by atoms with E-state index in [2.05, 4.69) is 15.3 Å². The predicted octanol–water partition coefficient (Wildman–Crippen LogP) is 4.31. The molecule has 1 aliphatic rings. The Hall–Kier alpha value is -2.89. The first-order valence-electron chi connectivity index (χ1n) is 9.51. The lowest BCUT2D eigenvalue weighted by molar-refractivity contribution is -0.116. The summed E-state index contributed by atoms with van der Waals surface area (Å²) in [6, 6.07) is 7.57. The first-order chi connectivity index (χ1) is 13.2. The molecule has 0 spiro atoms. The van der Waals surface area contributed by atoms with Crippen LogP contribution in [0.5, 0.6) is 5.75 Å². The summed E-state index contributed by atoms with van der Waals surface area (Å²) < 4.78 is 7.30. The maximum absolute atomic E-state index is 12.4. The van der Waals surface area contributed by atoms with Gasteiger partial charge in [0, 0.05) is 30.6 Å². The van der Waals surface area contributed by atoms with Crippen LogP contribution in [0.3, 0.4) is 0 Å². The van der Waals surface area contributed by atoms with Gasteiger partial charge in [0.05, 0.1) is 18.5 Å². The average Bonchev–Trinajstić information content (AvgIpc) is 3.35. The summed E-state index contributed by atoms with van der Waals surface area (Å²) in [5.74, 6) is 2.03. The minimum absolute atomic E-state index is 0.0361. The molecule has 6 heteroatoms. The van der Waals surface area contributed by atoms with E-state index in [0.717, 1.165) is 17.7 Å². The number of ether oxygens (including phenoxy) is 1. The van der Waals surface area contributed by atoms with E-state index in [0.29, 0.717) is 29.6 Å². The third kappa shape index (κ3) is 3.94. The summed E-state index contributed by atoms with van der Waals surface area (Å²) in [5, 5.41) is 3.02. The molecule has 0 radical (unpaired) electrons. The third-order valence-electron chi connectivity index (χ3n) is 5.26. The van der Waals surface area contributed by atoms with Crippen molar-refractivity contribution >= 4 is 17.4 Å². The molecule has 6 nitrogen and oxygen atoms in total. The molecule has 140 valence electrons. The Morgan fingerprint density at radius 2 is 2.19 bits per heavy atom. The fourth-order valence-corrected chi connectivity index (χ4v) is 3.78. The van der Waals surface area contributed by atoms with Crippen molar-refractivity contribution in [1.82, 2.24) is 14.4 Å². The average molecular weight is 364 g/mol. The number of rotatable bonds is 6. The largest absolute Gasteiger partial charge is 0.495 e. The molecule has 0 unspecified atom stereocenters. The number of hydrogen-bond donors (Lipinski definition) is 1. The summed E-state index contributed by atoms with van der Waals surface area (Å²) in [5.41, 5.74) is 2.39. The highest BCUT2D eigenvalue weighted by Crippen LogP contribution is 2.32. The Morgan fingerprint density at radius 1 is 1.33 bits per heavy atom. The van der Waals surface area contributed by atoms with Crippen molar-refractivity contribution in [1.29, 1.82) is 0 Å². The Balaban J connectivity index is 1.52. The number of carbonyl (C=O) groups excluding carboxylic acids is 1. The van der Waals surface area contributed by atoms with E-state index >= 15 is 0 Å². The second-order valence-corrected chi connectivity index (χ2v) is 7.11. The summed E-state index contributed by atoms with van der Waals surface area (Å²) in [6.45, 7) is 0. The molecule has 4 rings (SSSR count). The van der Waals surface area contributed by atoms with Gasteiger partial charge in [0.1, 0.15) is 5.75 Å². The van der Waals surface area contributed by atoms with E-state index in [1.54, 1.807) is 13.3 Å². The lowest BCUT2D eigenvalue weighted by Crippen LogP contribution is -2.13. The van der Waals surface area contributed by atoms with Crippen LogP contribution in [0, 0.1) is 5.92 Å². The van der Waals surface area contributed by atoms with Crippen molar-refractivity contribution in [2.24, 2.45) is 5.92 Å². The fourth-order valence-electron chi connectivity index (χ4n) is 3.78. The molecule has 1 saturated carbocycles. The van der Waals surface area contributed by atoms with Crippen molar-refractivity contribution in [3.8, 4) is 17.0 Å². The monoisotopic (exact) mass is 364 g/mol. The molecule has 0 atom stereocenters. The molecule has 3 aromatic rings. The summed E-state index contributed by atoms with van der Waals surface area (Å²) in [7, 11) is 1.61. The van der Waals surface area contributed by atoms with Gasteiger partial charge in [-0.2, -0.15) is 0 Å². The topological polar surface area (TPSA) is 68.5 Å². The van der Waals surface area contributed by atoms with Crippen molar-refractivity contribution < 1.29 is 9.53 Å². The van der Waals surface area contributed by atoms with E-state index in [4.69, 9.17) is 4.74 Å². The second kappa shape index (κ2) is 7.78. The van der Waals surface area contributed by atoms with Crippen LogP contribution in [0.2, 0.25) is 0 Å². The number of carbonyl (C=O) groups is 1. The normalized spacial score (nSPS) is 14.6. The number of nitrogens with one attached hydrogen (secondary N) is 1. The molecule has 0 aliphatic heterocycles. The van der Waals surface area contributed by atoms with Gasteiger partial charge in [-0.15, -0.1) is 0 Å². The first kappa shape index (κ1) is 17.5. The first-order valence-corrected chi connectivity index (χ1v) is 9.51. The predicted molar refractivity (Wildman–Crippen MR) is 105 cm³/mol. The van der Waals surface area contributed by atoms with Gasteiger partial charge in [-0.25, -0.2) is 9.97 Å². The maximum atomic E-state index is 12.4. The fraction of sp³-hybridized carbons (Fsp3) is 0.381. The number of methoxy groups -OCH3 is 1. The second-order valence-electron chi connectivity index (χ2n) is 7.11. The summed E-state index contributed by atoms with van der Waals surface area (Å²) in [6.07, 6.45) is 12.2. The van der Waals surface area contributed by atoms with E-state index in [-0.39, 0.29) is 5.91 Å². The minimum Gasteiger partial charge on any atom is -0.495 e. The molecule has 1 N–H and O–H groups in total. The molecule has 2 aromatic heterocycles. The molecule has 1 aromatic carbocycles. The summed E-state index contributed by atoms with van der Waals surface area (Å²) >= 11 is 0. The van der Waals surface area contributed by atoms with Crippen molar-refractivity contribution in [2.45, 2.75) is 38.5 Å². The molecule has 1 amide bonds. The van der Waals surface area contributed by atoms with Crippen molar-refractivity contribution in [3.63, 3.8) is 0 Å². The highest BCUT2D eigenvalue weighted by atomic mass is 16.5. The Morgan fingerprint density at radius 3 is 2.96 bits per heavy atom. The van der Waals surface area contributed by atoms with Gasteiger partial charge >= 0.3 is 0 Å². The Bertz CT molecular complexity index is 911. The minimum atomic E-state index is 0.0361.